The SMILES string of the molecule is Cc1ccc(NC(=O)C2(c3ccc4c(c3)OC(F)(F)O4)CC2)nc1C1=CNC(O)C=C1. The van der Waals surface area contributed by atoms with Gasteiger partial charge in [-0.25, -0.2) is 4.98 Å². The Balaban J connectivity index is 1.38. The molecule has 160 valence electrons. The number of carbonyl (C=O) groups is 1. The van der Waals surface area contributed by atoms with Gasteiger partial charge in [-0.05, 0) is 55.2 Å². The third kappa shape index (κ3) is 3.50. The summed E-state index contributed by atoms with van der Waals surface area (Å²) in [5.41, 5.74) is 2.12. The van der Waals surface area contributed by atoms with E-state index >= 15 is 0 Å². The highest BCUT2D eigenvalue weighted by Gasteiger charge is 2.53. The molecule has 1 aliphatic carbocycles. The number of ether oxygens (including phenoxy) is 2. The zero-order chi connectivity index (χ0) is 21.8. The van der Waals surface area contributed by atoms with Crippen LogP contribution in [-0.4, -0.2) is 28.5 Å². The Morgan fingerprint density at radius 1 is 1.23 bits per heavy atom. The van der Waals surface area contributed by atoms with Gasteiger partial charge in [-0.1, -0.05) is 18.2 Å². The van der Waals surface area contributed by atoms with Crippen LogP contribution in [-0.2, 0) is 10.2 Å². The first-order valence-electron chi connectivity index (χ1n) is 9.78. The number of benzene rings is 1. The van der Waals surface area contributed by atoms with E-state index in [4.69, 9.17) is 0 Å². The first kappa shape index (κ1) is 19.5. The number of nitrogens with one attached hydrogen (secondary N) is 2. The molecule has 3 N–H and O–H groups in total. The van der Waals surface area contributed by atoms with Crippen LogP contribution in [0.3, 0.4) is 0 Å². The Kier molecular flexibility index (Phi) is 4.26. The van der Waals surface area contributed by atoms with E-state index < -0.39 is 17.9 Å². The predicted molar refractivity (Wildman–Crippen MR) is 107 cm³/mol. The van der Waals surface area contributed by atoms with Gasteiger partial charge in [0.05, 0.1) is 11.1 Å². The Hall–Kier alpha value is -3.46. The Labute approximate surface area is 176 Å². The average Bonchev–Trinajstić information content (AvgIpc) is 3.47. The minimum Gasteiger partial charge on any atom is -0.395 e. The van der Waals surface area contributed by atoms with Crippen molar-refractivity contribution in [2.24, 2.45) is 0 Å². The number of aromatic nitrogens is 1. The maximum atomic E-state index is 13.3. The molecular formula is C22H19F2N3O4. The second-order valence-electron chi connectivity index (χ2n) is 7.80. The van der Waals surface area contributed by atoms with Gasteiger partial charge in [-0.2, -0.15) is 0 Å². The second-order valence-corrected chi connectivity index (χ2v) is 7.80. The molecule has 1 fully saturated rings. The average molecular weight is 427 g/mol. The summed E-state index contributed by atoms with van der Waals surface area (Å²) in [6, 6.07) is 8.00. The second kappa shape index (κ2) is 6.78. The normalized spacial score (nSPS) is 21.8. The molecular weight excluding hydrogens is 408 g/mol. The monoisotopic (exact) mass is 427 g/mol. The maximum absolute atomic E-state index is 13.3. The summed E-state index contributed by atoms with van der Waals surface area (Å²) < 4.78 is 35.6. The molecule has 1 amide bonds. The number of hydrogen-bond donors (Lipinski definition) is 3. The molecule has 1 saturated carbocycles. The highest BCUT2D eigenvalue weighted by molar-refractivity contribution is 6.01. The molecule has 2 aromatic rings. The third-order valence-corrected chi connectivity index (χ3v) is 5.62. The van der Waals surface area contributed by atoms with Gasteiger partial charge in [0.25, 0.3) is 0 Å². The Morgan fingerprint density at radius 2 is 2.00 bits per heavy atom. The van der Waals surface area contributed by atoms with Crippen molar-refractivity contribution >= 4 is 17.3 Å². The number of dihydropyridines is 1. The van der Waals surface area contributed by atoms with Gasteiger partial charge in [-0.15, -0.1) is 8.78 Å². The van der Waals surface area contributed by atoms with Gasteiger partial charge in [0.15, 0.2) is 11.5 Å². The van der Waals surface area contributed by atoms with E-state index in [1.807, 2.05) is 13.0 Å². The summed E-state index contributed by atoms with van der Waals surface area (Å²) in [4.78, 5) is 17.7. The summed E-state index contributed by atoms with van der Waals surface area (Å²) in [7, 11) is 0. The first-order chi connectivity index (χ1) is 14.8. The maximum Gasteiger partial charge on any atom is 0.586 e. The number of aryl methyl sites for hydroxylation is 1. The standard InChI is InChI=1S/C22H19F2N3O4/c1-12-2-6-17(26-19(12)13-3-7-18(28)25-11-13)27-20(29)21(8-9-21)14-4-5-15-16(10-14)31-22(23,24)30-15/h2-7,10-11,18,25,28H,8-9H2,1H3,(H,26,27,29). The number of carbonyl (C=O) groups excluding carboxylic acids is 1. The molecule has 0 saturated heterocycles. The molecule has 31 heavy (non-hydrogen) atoms. The fraction of sp³-hybridized carbons (Fsp3) is 0.273. The zero-order valence-electron chi connectivity index (χ0n) is 16.5. The Bertz CT molecular complexity index is 1140. The number of halogens is 2. The van der Waals surface area contributed by atoms with Crippen LogP contribution in [0, 0.1) is 6.92 Å². The number of aliphatic hydroxyl groups is 1. The van der Waals surface area contributed by atoms with E-state index in [-0.39, 0.29) is 17.4 Å². The van der Waals surface area contributed by atoms with Gasteiger partial charge >= 0.3 is 6.29 Å². The number of amides is 1. The number of alkyl halides is 2. The number of hydrogen-bond acceptors (Lipinski definition) is 6. The number of rotatable bonds is 4. The number of pyridine rings is 1. The van der Waals surface area contributed by atoms with E-state index in [1.165, 1.54) is 12.1 Å². The molecule has 1 aromatic heterocycles. The summed E-state index contributed by atoms with van der Waals surface area (Å²) in [5.74, 6) is -0.0166. The number of aliphatic hydroxyl groups excluding tert-OH is 1. The smallest absolute Gasteiger partial charge is 0.395 e. The van der Waals surface area contributed by atoms with Crippen molar-refractivity contribution in [2.45, 2.75) is 37.7 Å². The molecule has 9 heteroatoms. The topological polar surface area (TPSA) is 92.7 Å². The van der Waals surface area contributed by atoms with Crippen molar-refractivity contribution in [3.63, 3.8) is 0 Å². The van der Waals surface area contributed by atoms with E-state index in [1.54, 1.807) is 30.5 Å². The van der Waals surface area contributed by atoms with Gasteiger partial charge in [0.2, 0.25) is 5.91 Å². The fourth-order valence-corrected chi connectivity index (χ4v) is 3.77. The van der Waals surface area contributed by atoms with Crippen LogP contribution in [0.1, 0.15) is 29.7 Å². The van der Waals surface area contributed by atoms with Crippen LogP contribution >= 0.6 is 0 Å². The van der Waals surface area contributed by atoms with Crippen LogP contribution in [0.15, 0.2) is 48.7 Å². The van der Waals surface area contributed by atoms with E-state index in [9.17, 15) is 18.7 Å². The molecule has 0 bridgehead atoms. The third-order valence-electron chi connectivity index (χ3n) is 5.62. The van der Waals surface area contributed by atoms with Crippen molar-refractivity contribution in [3.05, 3.63) is 65.5 Å². The lowest BCUT2D eigenvalue weighted by Gasteiger charge is -2.18. The summed E-state index contributed by atoms with van der Waals surface area (Å²) in [6.45, 7) is 1.90. The van der Waals surface area contributed by atoms with Crippen molar-refractivity contribution in [1.29, 1.82) is 0 Å². The van der Waals surface area contributed by atoms with Crippen LogP contribution in [0.4, 0.5) is 14.6 Å². The van der Waals surface area contributed by atoms with Gasteiger partial charge in [0, 0.05) is 11.8 Å². The zero-order valence-corrected chi connectivity index (χ0v) is 16.5. The minimum absolute atomic E-state index is 0.0534. The van der Waals surface area contributed by atoms with E-state index in [0.717, 1.165) is 11.1 Å². The van der Waals surface area contributed by atoms with Crippen molar-refractivity contribution in [1.82, 2.24) is 10.3 Å². The fourth-order valence-electron chi connectivity index (χ4n) is 3.77. The summed E-state index contributed by atoms with van der Waals surface area (Å²) in [5, 5.41) is 15.2. The van der Waals surface area contributed by atoms with Crippen molar-refractivity contribution < 1.29 is 28.2 Å². The Morgan fingerprint density at radius 3 is 2.71 bits per heavy atom. The van der Waals surface area contributed by atoms with Gasteiger partial charge in [-0.3, -0.25) is 4.79 Å². The van der Waals surface area contributed by atoms with Crippen LogP contribution in [0.5, 0.6) is 11.5 Å². The molecule has 0 spiro atoms. The largest absolute Gasteiger partial charge is 0.586 e. The highest BCUT2D eigenvalue weighted by Crippen LogP contribution is 2.52. The molecule has 5 rings (SSSR count). The van der Waals surface area contributed by atoms with E-state index in [2.05, 4.69) is 25.1 Å². The lowest BCUT2D eigenvalue weighted by atomic mass is 9.94. The van der Waals surface area contributed by atoms with E-state index in [0.29, 0.717) is 29.9 Å². The molecule has 3 heterocycles. The number of fused-ring (bicyclic) bond motifs is 1. The number of allylic oxidation sites excluding steroid dienone is 2. The molecule has 3 aliphatic rings. The van der Waals surface area contributed by atoms with Crippen LogP contribution < -0.4 is 20.1 Å². The minimum atomic E-state index is -3.70. The molecule has 1 aromatic carbocycles. The lowest BCUT2D eigenvalue weighted by molar-refractivity contribution is -0.286. The molecule has 1 unspecified atom stereocenters. The van der Waals surface area contributed by atoms with Crippen molar-refractivity contribution in [3.8, 4) is 11.5 Å². The molecule has 0 radical (unpaired) electrons. The van der Waals surface area contributed by atoms with Crippen LogP contribution in [0.2, 0.25) is 0 Å². The first-order valence-corrected chi connectivity index (χ1v) is 9.78. The molecule has 7 nitrogen and oxygen atoms in total. The van der Waals surface area contributed by atoms with Crippen molar-refractivity contribution in [2.75, 3.05) is 5.32 Å². The number of nitrogens with zero attached hydrogens (tertiary/aromatic N) is 1. The van der Waals surface area contributed by atoms with Crippen LogP contribution in [0.25, 0.3) is 5.57 Å². The highest BCUT2D eigenvalue weighted by atomic mass is 19.3. The number of anilines is 1. The lowest BCUT2D eigenvalue weighted by Crippen LogP contribution is -2.28. The summed E-state index contributed by atoms with van der Waals surface area (Å²) >= 11 is 0. The van der Waals surface area contributed by atoms with Gasteiger partial charge < -0.3 is 25.2 Å². The molecule has 2 aliphatic heterocycles. The predicted octanol–water partition coefficient (Wildman–Crippen LogP) is 3.20. The summed E-state index contributed by atoms with van der Waals surface area (Å²) in [6.07, 6.45) is 1.75. The van der Waals surface area contributed by atoms with Gasteiger partial charge in [0.1, 0.15) is 12.0 Å². The quantitative estimate of drug-likeness (QED) is 0.694. The molecule has 1 atom stereocenters.